The van der Waals surface area contributed by atoms with Crippen molar-refractivity contribution in [3.8, 4) is 0 Å². The molecule has 0 bridgehead atoms. The summed E-state index contributed by atoms with van der Waals surface area (Å²) >= 11 is 0. The molecule has 0 spiro atoms. The Morgan fingerprint density at radius 2 is 2.28 bits per heavy atom. The van der Waals surface area contributed by atoms with E-state index in [2.05, 4.69) is 33.1 Å². The molecule has 0 saturated carbocycles. The van der Waals surface area contributed by atoms with Crippen molar-refractivity contribution in [3.05, 3.63) is 58.0 Å². The average molecular weight is 338 g/mol. The Labute approximate surface area is 145 Å². The molecule has 1 aromatic carbocycles. The number of aromatic amines is 1. The van der Waals surface area contributed by atoms with E-state index in [9.17, 15) is 4.79 Å². The van der Waals surface area contributed by atoms with Crippen LogP contribution in [0.25, 0.3) is 11.0 Å². The molecule has 0 amide bonds. The zero-order chi connectivity index (χ0) is 17.2. The van der Waals surface area contributed by atoms with E-state index in [4.69, 9.17) is 4.42 Å². The van der Waals surface area contributed by atoms with Crippen molar-refractivity contribution in [1.29, 1.82) is 0 Å². The molecule has 4 rings (SSSR count). The third-order valence-corrected chi connectivity index (χ3v) is 5.02. The van der Waals surface area contributed by atoms with E-state index < -0.39 is 0 Å². The van der Waals surface area contributed by atoms with Gasteiger partial charge in [-0.05, 0) is 49.1 Å². The largest absolute Gasteiger partial charge is 0.423 e. The fraction of sp³-hybridized carbons (Fsp3) is 0.421. The number of benzene rings is 1. The molecule has 130 valence electrons. The molecule has 1 N–H and O–H groups in total. The Kier molecular flexibility index (Phi) is 4.36. The van der Waals surface area contributed by atoms with Crippen molar-refractivity contribution in [3.63, 3.8) is 0 Å². The first-order valence-electron chi connectivity index (χ1n) is 8.86. The predicted molar refractivity (Wildman–Crippen MR) is 95.5 cm³/mol. The number of hydrogen-bond acceptors (Lipinski definition) is 5. The standard InChI is InChI=1S/C19H22N4O2/c1-2-13-5-6-17-16(8-13)15(9-18(24)25-17)11-23-7-3-4-14(10-23)19-20-12-21-22-19/h5-6,8-9,12,14H,2-4,7,10-11H2,1H3,(H,20,21,22). The molecule has 3 aromatic rings. The van der Waals surface area contributed by atoms with Gasteiger partial charge >= 0.3 is 5.63 Å². The maximum Gasteiger partial charge on any atom is 0.336 e. The molecule has 6 nitrogen and oxygen atoms in total. The number of piperidine rings is 1. The average Bonchev–Trinajstić information content (AvgIpc) is 3.16. The quantitative estimate of drug-likeness (QED) is 0.740. The molecule has 3 heterocycles. The van der Waals surface area contributed by atoms with Crippen LogP contribution in [-0.2, 0) is 13.0 Å². The number of aryl methyl sites for hydroxylation is 1. The summed E-state index contributed by atoms with van der Waals surface area (Å²) in [6.07, 6.45) is 4.76. The summed E-state index contributed by atoms with van der Waals surface area (Å²) in [6, 6.07) is 7.72. The summed E-state index contributed by atoms with van der Waals surface area (Å²) in [5, 5.41) is 8.00. The number of rotatable bonds is 4. The van der Waals surface area contributed by atoms with Gasteiger partial charge in [0.05, 0.1) is 0 Å². The summed E-state index contributed by atoms with van der Waals surface area (Å²) < 4.78 is 5.37. The highest BCUT2D eigenvalue weighted by atomic mass is 16.4. The van der Waals surface area contributed by atoms with Crippen LogP contribution in [0.5, 0.6) is 0 Å². The molecule has 1 unspecified atom stereocenters. The molecule has 2 aromatic heterocycles. The van der Waals surface area contributed by atoms with E-state index in [-0.39, 0.29) is 5.63 Å². The second-order valence-electron chi connectivity index (χ2n) is 6.72. The maximum atomic E-state index is 11.9. The number of nitrogens with one attached hydrogen (secondary N) is 1. The van der Waals surface area contributed by atoms with Gasteiger partial charge in [-0.2, -0.15) is 5.10 Å². The van der Waals surface area contributed by atoms with Crippen LogP contribution >= 0.6 is 0 Å². The fourth-order valence-corrected chi connectivity index (χ4v) is 3.70. The first-order chi connectivity index (χ1) is 12.2. The number of H-pyrrole nitrogens is 1. The van der Waals surface area contributed by atoms with Crippen LogP contribution in [-0.4, -0.2) is 33.2 Å². The molecular weight excluding hydrogens is 316 g/mol. The van der Waals surface area contributed by atoms with Gasteiger partial charge in [0.25, 0.3) is 0 Å². The lowest BCUT2D eigenvalue weighted by Gasteiger charge is -2.31. The van der Waals surface area contributed by atoms with Gasteiger partial charge in [0.2, 0.25) is 0 Å². The predicted octanol–water partition coefficient (Wildman–Crippen LogP) is 2.85. The highest BCUT2D eigenvalue weighted by Gasteiger charge is 2.24. The minimum Gasteiger partial charge on any atom is -0.423 e. The third-order valence-electron chi connectivity index (χ3n) is 5.02. The summed E-state index contributed by atoms with van der Waals surface area (Å²) in [4.78, 5) is 18.6. The Hall–Kier alpha value is -2.47. The molecule has 1 fully saturated rings. The zero-order valence-electron chi connectivity index (χ0n) is 14.4. The van der Waals surface area contributed by atoms with Crippen molar-refractivity contribution in [2.45, 2.75) is 38.6 Å². The van der Waals surface area contributed by atoms with Crippen LogP contribution in [0.15, 0.2) is 39.8 Å². The topological polar surface area (TPSA) is 75.0 Å². The van der Waals surface area contributed by atoms with Gasteiger partial charge in [0.15, 0.2) is 0 Å². The summed E-state index contributed by atoms with van der Waals surface area (Å²) in [7, 11) is 0. The van der Waals surface area contributed by atoms with E-state index >= 15 is 0 Å². The molecule has 25 heavy (non-hydrogen) atoms. The van der Waals surface area contributed by atoms with Gasteiger partial charge in [-0.25, -0.2) is 9.78 Å². The molecule has 6 heteroatoms. The van der Waals surface area contributed by atoms with Crippen molar-refractivity contribution >= 4 is 11.0 Å². The highest BCUT2D eigenvalue weighted by Crippen LogP contribution is 2.27. The van der Waals surface area contributed by atoms with E-state index in [1.807, 2.05) is 12.1 Å². The van der Waals surface area contributed by atoms with Crippen LogP contribution in [0.4, 0.5) is 0 Å². The lowest BCUT2D eigenvalue weighted by atomic mass is 9.96. The summed E-state index contributed by atoms with van der Waals surface area (Å²) in [6.45, 7) is 4.83. The molecule has 1 aliphatic heterocycles. The zero-order valence-corrected chi connectivity index (χ0v) is 14.4. The number of aromatic nitrogens is 3. The van der Waals surface area contributed by atoms with Gasteiger partial charge in [0.1, 0.15) is 17.7 Å². The lowest BCUT2D eigenvalue weighted by molar-refractivity contribution is 0.197. The molecule has 0 radical (unpaired) electrons. The van der Waals surface area contributed by atoms with E-state index in [0.29, 0.717) is 11.5 Å². The first-order valence-corrected chi connectivity index (χ1v) is 8.86. The number of fused-ring (bicyclic) bond motifs is 1. The second kappa shape index (κ2) is 6.80. The van der Waals surface area contributed by atoms with Gasteiger partial charge < -0.3 is 4.42 Å². The Morgan fingerprint density at radius 1 is 1.36 bits per heavy atom. The van der Waals surface area contributed by atoms with Crippen molar-refractivity contribution in [2.24, 2.45) is 0 Å². The number of nitrogens with zero attached hydrogens (tertiary/aromatic N) is 3. The minimum absolute atomic E-state index is 0.282. The molecule has 1 atom stereocenters. The van der Waals surface area contributed by atoms with Crippen molar-refractivity contribution in [2.75, 3.05) is 13.1 Å². The maximum absolute atomic E-state index is 11.9. The van der Waals surface area contributed by atoms with Crippen molar-refractivity contribution in [1.82, 2.24) is 20.1 Å². The monoisotopic (exact) mass is 338 g/mol. The van der Waals surface area contributed by atoms with Crippen LogP contribution in [0.3, 0.4) is 0 Å². The second-order valence-corrected chi connectivity index (χ2v) is 6.72. The molecule has 1 aliphatic rings. The highest BCUT2D eigenvalue weighted by molar-refractivity contribution is 5.80. The van der Waals surface area contributed by atoms with Gasteiger partial charge in [-0.1, -0.05) is 13.0 Å². The smallest absolute Gasteiger partial charge is 0.336 e. The van der Waals surface area contributed by atoms with Gasteiger partial charge in [-0.3, -0.25) is 10.00 Å². The summed E-state index contributed by atoms with van der Waals surface area (Å²) in [5.74, 6) is 1.32. The van der Waals surface area contributed by atoms with Crippen LogP contribution < -0.4 is 5.63 Å². The van der Waals surface area contributed by atoms with E-state index in [0.717, 1.165) is 55.7 Å². The lowest BCUT2D eigenvalue weighted by Crippen LogP contribution is -2.34. The van der Waals surface area contributed by atoms with E-state index in [1.165, 1.54) is 5.56 Å². The third kappa shape index (κ3) is 3.35. The number of hydrogen-bond donors (Lipinski definition) is 1. The minimum atomic E-state index is -0.282. The Morgan fingerprint density at radius 3 is 3.08 bits per heavy atom. The normalized spacial score (nSPS) is 18.7. The van der Waals surface area contributed by atoms with Gasteiger partial charge in [-0.15, -0.1) is 0 Å². The van der Waals surface area contributed by atoms with Crippen LogP contribution in [0.2, 0.25) is 0 Å². The Bertz CT molecular complexity index is 917. The Balaban J connectivity index is 1.62. The first kappa shape index (κ1) is 16.0. The summed E-state index contributed by atoms with van der Waals surface area (Å²) in [5.41, 5.74) is 2.68. The SMILES string of the molecule is CCc1ccc2oc(=O)cc(CN3CCCC(c4ncn[nH]4)C3)c2c1. The van der Waals surface area contributed by atoms with Crippen LogP contribution in [0, 0.1) is 0 Å². The van der Waals surface area contributed by atoms with E-state index in [1.54, 1.807) is 12.4 Å². The van der Waals surface area contributed by atoms with Crippen molar-refractivity contribution < 1.29 is 4.42 Å². The van der Waals surface area contributed by atoms with Crippen LogP contribution in [0.1, 0.15) is 42.6 Å². The fourth-order valence-electron chi connectivity index (χ4n) is 3.70. The molecule has 1 saturated heterocycles. The number of likely N-dealkylation sites (tertiary alicyclic amines) is 1. The molecule has 0 aliphatic carbocycles. The molecular formula is C19H22N4O2. The van der Waals surface area contributed by atoms with Gasteiger partial charge in [0, 0.05) is 30.5 Å².